The summed E-state index contributed by atoms with van der Waals surface area (Å²) >= 11 is 0. The smallest absolute Gasteiger partial charge is 0.249 e. The zero-order valence-corrected chi connectivity index (χ0v) is 14.6. The quantitative estimate of drug-likeness (QED) is 0.780. The number of unbranched alkanes of at least 4 members (excludes halogenated alkanes) is 2. The molecule has 3 rings (SSSR count). The molecule has 0 radical (unpaired) electrons. The Kier molecular flexibility index (Phi) is 6.17. The lowest BCUT2D eigenvalue weighted by molar-refractivity contribution is -0.135. The summed E-state index contributed by atoms with van der Waals surface area (Å²) in [6.07, 6.45) is 6.41. The third-order valence-electron chi connectivity index (χ3n) is 4.68. The van der Waals surface area contributed by atoms with Crippen LogP contribution < -0.4 is 5.73 Å². The number of piperidine rings is 1. The molecule has 25 heavy (non-hydrogen) atoms. The highest BCUT2D eigenvalue weighted by Crippen LogP contribution is 2.31. The summed E-state index contributed by atoms with van der Waals surface area (Å²) in [7, 11) is 0. The van der Waals surface area contributed by atoms with E-state index in [-0.39, 0.29) is 11.9 Å². The van der Waals surface area contributed by atoms with Crippen LogP contribution >= 0.6 is 0 Å². The minimum atomic E-state index is -0.0966. The average molecular weight is 342 g/mol. The molecule has 1 atom stereocenters. The van der Waals surface area contributed by atoms with Gasteiger partial charge >= 0.3 is 0 Å². The van der Waals surface area contributed by atoms with Gasteiger partial charge in [-0.15, -0.1) is 0 Å². The maximum Gasteiger partial charge on any atom is 0.249 e. The monoisotopic (exact) mass is 342 g/mol. The fourth-order valence-electron chi connectivity index (χ4n) is 3.30. The molecule has 2 N–H and O–H groups in total. The van der Waals surface area contributed by atoms with E-state index in [0.29, 0.717) is 24.7 Å². The van der Waals surface area contributed by atoms with Crippen molar-refractivity contribution in [3.8, 4) is 11.4 Å². The van der Waals surface area contributed by atoms with E-state index in [4.69, 9.17) is 10.3 Å². The van der Waals surface area contributed by atoms with Crippen LogP contribution in [0.15, 0.2) is 34.9 Å². The number of hydrogen-bond donors (Lipinski definition) is 1. The van der Waals surface area contributed by atoms with Crippen LogP contribution in [0, 0.1) is 0 Å². The lowest BCUT2D eigenvalue weighted by atomic mass is 10.0. The Labute approximate surface area is 148 Å². The van der Waals surface area contributed by atoms with Crippen molar-refractivity contribution in [2.45, 2.75) is 51.0 Å². The Hall–Kier alpha value is -2.21. The van der Waals surface area contributed by atoms with E-state index in [0.717, 1.165) is 50.6 Å². The largest absolute Gasteiger partial charge is 0.337 e. The molecule has 0 unspecified atom stereocenters. The molecule has 2 aromatic rings. The van der Waals surface area contributed by atoms with Gasteiger partial charge in [-0.25, -0.2) is 0 Å². The Balaban J connectivity index is 1.68. The van der Waals surface area contributed by atoms with Gasteiger partial charge in [0, 0.05) is 18.5 Å². The van der Waals surface area contributed by atoms with Crippen molar-refractivity contribution < 1.29 is 9.32 Å². The van der Waals surface area contributed by atoms with Gasteiger partial charge in [-0.05, 0) is 38.6 Å². The van der Waals surface area contributed by atoms with E-state index in [1.165, 1.54) is 0 Å². The molecule has 1 saturated heterocycles. The fraction of sp³-hybridized carbons (Fsp3) is 0.526. The first-order valence-electron chi connectivity index (χ1n) is 9.18. The highest BCUT2D eigenvalue weighted by atomic mass is 16.5. The summed E-state index contributed by atoms with van der Waals surface area (Å²) in [4.78, 5) is 19.1. The molecule has 0 spiro atoms. The van der Waals surface area contributed by atoms with Gasteiger partial charge < -0.3 is 15.2 Å². The first kappa shape index (κ1) is 17.6. The number of rotatable bonds is 7. The van der Waals surface area contributed by atoms with E-state index in [1.807, 2.05) is 35.2 Å². The SMILES string of the molecule is NCCCCCC(=O)N1CCCC[C@H]1c1nc(-c2ccccc2)no1. The van der Waals surface area contributed by atoms with Gasteiger partial charge in [-0.3, -0.25) is 4.79 Å². The highest BCUT2D eigenvalue weighted by Gasteiger charge is 2.31. The van der Waals surface area contributed by atoms with E-state index in [1.54, 1.807) is 0 Å². The Morgan fingerprint density at radius 1 is 1.20 bits per heavy atom. The number of carbonyl (C=O) groups is 1. The zero-order valence-electron chi connectivity index (χ0n) is 14.6. The van der Waals surface area contributed by atoms with E-state index in [9.17, 15) is 4.79 Å². The first-order valence-corrected chi connectivity index (χ1v) is 9.18. The molecule has 0 aliphatic carbocycles. The summed E-state index contributed by atoms with van der Waals surface area (Å²) < 4.78 is 5.51. The van der Waals surface area contributed by atoms with Crippen LogP contribution in [0.4, 0.5) is 0 Å². The van der Waals surface area contributed by atoms with Crippen molar-refractivity contribution >= 4 is 5.91 Å². The minimum absolute atomic E-state index is 0.0966. The van der Waals surface area contributed by atoms with Crippen molar-refractivity contribution in [2.24, 2.45) is 5.73 Å². The second kappa shape index (κ2) is 8.76. The van der Waals surface area contributed by atoms with Crippen LogP contribution in [0.2, 0.25) is 0 Å². The van der Waals surface area contributed by atoms with Crippen LogP contribution in [-0.2, 0) is 4.79 Å². The van der Waals surface area contributed by atoms with E-state index in [2.05, 4.69) is 10.1 Å². The molecule has 0 bridgehead atoms. The molecule has 6 nitrogen and oxygen atoms in total. The predicted octanol–water partition coefficient (Wildman–Crippen LogP) is 3.31. The number of hydrogen-bond acceptors (Lipinski definition) is 5. The summed E-state index contributed by atoms with van der Waals surface area (Å²) in [6.45, 7) is 1.45. The van der Waals surface area contributed by atoms with Crippen LogP contribution in [-0.4, -0.2) is 34.0 Å². The van der Waals surface area contributed by atoms with E-state index >= 15 is 0 Å². The Morgan fingerprint density at radius 3 is 2.84 bits per heavy atom. The topological polar surface area (TPSA) is 85.3 Å². The van der Waals surface area contributed by atoms with Crippen LogP contribution in [0.5, 0.6) is 0 Å². The summed E-state index contributed by atoms with van der Waals surface area (Å²) in [5, 5.41) is 4.10. The number of aromatic nitrogens is 2. The van der Waals surface area contributed by atoms with Crippen molar-refractivity contribution in [2.75, 3.05) is 13.1 Å². The van der Waals surface area contributed by atoms with E-state index < -0.39 is 0 Å². The zero-order chi connectivity index (χ0) is 17.5. The molecule has 1 fully saturated rings. The number of benzene rings is 1. The standard InChI is InChI=1S/C19H26N4O2/c20-13-7-2-5-12-17(24)23-14-8-6-11-16(23)19-21-18(22-25-19)15-9-3-1-4-10-15/h1,3-4,9-10,16H,2,5-8,11-14,20H2/t16-/m0/s1. The maximum atomic E-state index is 12.6. The first-order chi connectivity index (χ1) is 12.3. The molecular weight excluding hydrogens is 316 g/mol. The van der Waals surface area contributed by atoms with Gasteiger partial charge in [0.1, 0.15) is 6.04 Å². The lowest BCUT2D eigenvalue weighted by Gasteiger charge is -2.33. The summed E-state index contributed by atoms with van der Waals surface area (Å²) in [5.74, 6) is 1.31. The molecular formula is C19H26N4O2. The molecule has 1 aromatic heterocycles. The number of nitrogens with zero attached hydrogens (tertiary/aromatic N) is 3. The van der Waals surface area contributed by atoms with Crippen LogP contribution in [0.3, 0.4) is 0 Å². The van der Waals surface area contributed by atoms with Crippen molar-refractivity contribution in [1.29, 1.82) is 0 Å². The lowest BCUT2D eigenvalue weighted by Crippen LogP contribution is -2.38. The number of nitrogens with two attached hydrogens (primary N) is 1. The van der Waals surface area contributed by atoms with Gasteiger partial charge in [-0.1, -0.05) is 41.9 Å². The summed E-state index contributed by atoms with van der Waals surface area (Å²) in [5.41, 5.74) is 6.44. The Morgan fingerprint density at radius 2 is 2.04 bits per heavy atom. The molecule has 1 aliphatic heterocycles. The number of likely N-dealkylation sites (tertiary alicyclic amines) is 1. The van der Waals surface area contributed by atoms with Gasteiger partial charge in [0.05, 0.1) is 0 Å². The van der Waals surface area contributed by atoms with Gasteiger partial charge in [0.15, 0.2) is 0 Å². The molecule has 0 saturated carbocycles. The Bertz CT molecular complexity index is 671. The second-order valence-corrected chi connectivity index (χ2v) is 6.52. The molecule has 2 heterocycles. The normalized spacial score (nSPS) is 17.6. The van der Waals surface area contributed by atoms with Crippen LogP contribution in [0.1, 0.15) is 56.9 Å². The van der Waals surface area contributed by atoms with Gasteiger partial charge in [-0.2, -0.15) is 4.98 Å². The van der Waals surface area contributed by atoms with Gasteiger partial charge in [0.25, 0.3) is 0 Å². The maximum absolute atomic E-state index is 12.6. The molecule has 1 aromatic carbocycles. The third kappa shape index (κ3) is 4.45. The van der Waals surface area contributed by atoms with Crippen molar-refractivity contribution in [3.63, 3.8) is 0 Å². The second-order valence-electron chi connectivity index (χ2n) is 6.52. The molecule has 6 heteroatoms. The highest BCUT2D eigenvalue weighted by molar-refractivity contribution is 5.76. The molecule has 1 aliphatic rings. The summed E-state index contributed by atoms with van der Waals surface area (Å²) in [6, 6.07) is 9.66. The predicted molar refractivity (Wildman–Crippen MR) is 95.6 cm³/mol. The molecule has 1 amide bonds. The fourth-order valence-corrected chi connectivity index (χ4v) is 3.30. The van der Waals surface area contributed by atoms with Crippen molar-refractivity contribution in [1.82, 2.24) is 15.0 Å². The average Bonchev–Trinajstić information content (AvgIpc) is 3.16. The third-order valence-corrected chi connectivity index (χ3v) is 4.68. The van der Waals surface area contributed by atoms with Crippen LogP contribution in [0.25, 0.3) is 11.4 Å². The number of carbonyl (C=O) groups excluding carboxylic acids is 1. The number of amides is 1. The molecule has 134 valence electrons. The minimum Gasteiger partial charge on any atom is -0.337 e. The van der Waals surface area contributed by atoms with Crippen molar-refractivity contribution in [3.05, 3.63) is 36.2 Å². The van der Waals surface area contributed by atoms with Gasteiger partial charge in [0.2, 0.25) is 17.6 Å².